The fourth-order valence-electron chi connectivity index (χ4n) is 1.30. The number of aromatic nitrogens is 1. The summed E-state index contributed by atoms with van der Waals surface area (Å²) in [5.74, 6) is -0.685. The molecule has 1 fully saturated rings. The summed E-state index contributed by atoms with van der Waals surface area (Å²) in [5, 5.41) is 0. The number of nitrogens with zero attached hydrogens (tertiary/aromatic N) is 1. The second kappa shape index (κ2) is 2.80. The SMILES string of the molecule is NC(=O)c1cc(C2CC2)c(F)cn1. The van der Waals surface area contributed by atoms with Crippen molar-refractivity contribution in [3.63, 3.8) is 0 Å². The highest BCUT2D eigenvalue weighted by molar-refractivity contribution is 5.90. The zero-order valence-electron chi connectivity index (χ0n) is 6.96. The number of nitrogens with two attached hydrogens (primary N) is 1. The third-order valence-corrected chi connectivity index (χ3v) is 2.15. The Morgan fingerprint density at radius 2 is 2.31 bits per heavy atom. The summed E-state index contributed by atoms with van der Waals surface area (Å²) in [7, 11) is 0. The Hall–Kier alpha value is -1.45. The van der Waals surface area contributed by atoms with Crippen LogP contribution in [0.4, 0.5) is 4.39 Å². The molecule has 0 radical (unpaired) electrons. The van der Waals surface area contributed by atoms with Crippen molar-refractivity contribution in [1.29, 1.82) is 0 Å². The smallest absolute Gasteiger partial charge is 0.267 e. The molecule has 1 aromatic heterocycles. The number of carbonyl (C=O) groups excluding carboxylic acids is 1. The maximum Gasteiger partial charge on any atom is 0.267 e. The minimum absolute atomic E-state index is 0.142. The molecule has 0 aliphatic heterocycles. The van der Waals surface area contributed by atoms with E-state index in [0.717, 1.165) is 19.0 Å². The maximum absolute atomic E-state index is 13.1. The Balaban J connectivity index is 2.41. The van der Waals surface area contributed by atoms with Crippen LogP contribution in [0.5, 0.6) is 0 Å². The van der Waals surface area contributed by atoms with Crippen LogP contribution in [0.2, 0.25) is 0 Å². The molecule has 0 unspecified atom stereocenters. The predicted octanol–water partition coefficient (Wildman–Crippen LogP) is 1.20. The fourth-order valence-corrected chi connectivity index (χ4v) is 1.30. The molecule has 1 aliphatic rings. The quantitative estimate of drug-likeness (QED) is 0.743. The largest absolute Gasteiger partial charge is 0.364 e. The normalized spacial score (nSPS) is 15.8. The molecule has 0 bridgehead atoms. The molecule has 0 saturated heterocycles. The zero-order valence-corrected chi connectivity index (χ0v) is 6.96. The zero-order chi connectivity index (χ0) is 9.42. The fraction of sp³-hybridized carbons (Fsp3) is 0.333. The van der Waals surface area contributed by atoms with Crippen molar-refractivity contribution < 1.29 is 9.18 Å². The summed E-state index contributed by atoms with van der Waals surface area (Å²) >= 11 is 0. The molecule has 4 heteroatoms. The van der Waals surface area contributed by atoms with Crippen LogP contribution in [0.3, 0.4) is 0 Å². The number of hydrogen-bond donors (Lipinski definition) is 1. The molecule has 2 N–H and O–H groups in total. The topological polar surface area (TPSA) is 56.0 Å². The molecule has 0 spiro atoms. The number of amides is 1. The average molecular weight is 180 g/mol. The lowest BCUT2D eigenvalue weighted by Gasteiger charge is -2.01. The van der Waals surface area contributed by atoms with Crippen molar-refractivity contribution in [2.24, 2.45) is 5.73 Å². The molecular formula is C9H9FN2O. The number of pyridine rings is 1. The van der Waals surface area contributed by atoms with Crippen molar-refractivity contribution in [2.45, 2.75) is 18.8 Å². The first-order valence-electron chi connectivity index (χ1n) is 4.13. The van der Waals surface area contributed by atoms with E-state index in [2.05, 4.69) is 4.98 Å². The molecule has 1 amide bonds. The summed E-state index contributed by atoms with van der Waals surface area (Å²) in [4.78, 5) is 14.3. The maximum atomic E-state index is 13.1. The minimum Gasteiger partial charge on any atom is -0.364 e. The highest BCUT2D eigenvalue weighted by Crippen LogP contribution is 2.41. The van der Waals surface area contributed by atoms with Crippen LogP contribution in [0.1, 0.15) is 34.8 Å². The van der Waals surface area contributed by atoms with E-state index in [4.69, 9.17) is 5.73 Å². The molecule has 3 nitrogen and oxygen atoms in total. The van der Waals surface area contributed by atoms with Crippen LogP contribution in [0, 0.1) is 5.82 Å². The van der Waals surface area contributed by atoms with Gasteiger partial charge in [0.2, 0.25) is 0 Å². The molecule has 2 rings (SSSR count). The number of hydrogen-bond acceptors (Lipinski definition) is 2. The van der Waals surface area contributed by atoms with Crippen LogP contribution in [0.15, 0.2) is 12.3 Å². The molecule has 13 heavy (non-hydrogen) atoms. The van der Waals surface area contributed by atoms with Crippen molar-refractivity contribution in [3.8, 4) is 0 Å². The van der Waals surface area contributed by atoms with E-state index in [0.29, 0.717) is 5.56 Å². The lowest BCUT2D eigenvalue weighted by molar-refractivity contribution is 0.0995. The van der Waals surface area contributed by atoms with Crippen LogP contribution in [-0.2, 0) is 0 Å². The van der Waals surface area contributed by atoms with Gasteiger partial charge in [0.1, 0.15) is 11.5 Å². The standard InChI is InChI=1S/C9H9FN2O/c10-7-4-12-8(9(11)13)3-6(7)5-1-2-5/h3-5H,1-2H2,(H2,11,13). The summed E-state index contributed by atoms with van der Waals surface area (Å²) in [6.45, 7) is 0. The lowest BCUT2D eigenvalue weighted by atomic mass is 10.1. The van der Waals surface area contributed by atoms with Crippen molar-refractivity contribution in [2.75, 3.05) is 0 Å². The predicted molar refractivity (Wildman–Crippen MR) is 44.7 cm³/mol. The van der Waals surface area contributed by atoms with Gasteiger partial charge >= 0.3 is 0 Å². The van der Waals surface area contributed by atoms with Gasteiger partial charge in [-0.1, -0.05) is 0 Å². The van der Waals surface area contributed by atoms with E-state index in [9.17, 15) is 9.18 Å². The van der Waals surface area contributed by atoms with E-state index >= 15 is 0 Å². The Morgan fingerprint density at radius 3 is 2.85 bits per heavy atom. The van der Waals surface area contributed by atoms with Crippen LogP contribution in [-0.4, -0.2) is 10.9 Å². The Morgan fingerprint density at radius 1 is 1.62 bits per heavy atom. The van der Waals surface area contributed by atoms with Gasteiger partial charge < -0.3 is 5.73 Å². The van der Waals surface area contributed by atoms with Crippen LogP contribution in [0.25, 0.3) is 0 Å². The first-order valence-corrected chi connectivity index (χ1v) is 4.13. The highest BCUT2D eigenvalue weighted by Gasteiger charge is 2.27. The first kappa shape index (κ1) is 8.16. The minimum atomic E-state index is -0.609. The van der Waals surface area contributed by atoms with E-state index in [1.54, 1.807) is 0 Å². The average Bonchev–Trinajstić information content (AvgIpc) is 2.87. The number of primary amides is 1. The number of rotatable bonds is 2. The molecule has 1 saturated carbocycles. The summed E-state index contributed by atoms with van der Waals surface area (Å²) in [5.41, 5.74) is 5.74. The van der Waals surface area contributed by atoms with E-state index in [-0.39, 0.29) is 17.4 Å². The summed E-state index contributed by atoms with van der Waals surface area (Å²) < 4.78 is 13.1. The summed E-state index contributed by atoms with van der Waals surface area (Å²) in [6, 6.07) is 1.45. The van der Waals surface area contributed by atoms with E-state index in [1.165, 1.54) is 6.07 Å². The third kappa shape index (κ3) is 1.52. The lowest BCUT2D eigenvalue weighted by Crippen LogP contribution is -2.13. The van der Waals surface area contributed by atoms with Gasteiger partial charge in [-0.15, -0.1) is 0 Å². The molecule has 1 heterocycles. The van der Waals surface area contributed by atoms with Gasteiger partial charge in [0, 0.05) is 0 Å². The molecule has 0 atom stereocenters. The number of halogens is 1. The Labute approximate surface area is 74.8 Å². The summed E-state index contributed by atoms with van der Waals surface area (Å²) in [6.07, 6.45) is 3.03. The van der Waals surface area contributed by atoms with E-state index in [1.807, 2.05) is 0 Å². The first-order chi connectivity index (χ1) is 6.18. The molecule has 0 aromatic carbocycles. The second-order valence-corrected chi connectivity index (χ2v) is 3.23. The van der Waals surface area contributed by atoms with Crippen molar-refractivity contribution in [1.82, 2.24) is 4.98 Å². The molecule has 1 aliphatic carbocycles. The van der Waals surface area contributed by atoms with Crippen LogP contribution < -0.4 is 5.73 Å². The highest BCUT2D eigenvalue weighted by atomic mass is 19.1. The Bertz CT molecular complexity index is 361. The van der Waals surface area contributed by atoms with Gasteiger partial charge in [-0.05, 0) is 30.4 Å². The van der Waals surface area contributed by atoms with Crippen molar-refractivity contribution >= 4 is 5.91 Å². The van der Waals surface area contributed by atoms with Gasteiger partial charge in [0.25, 0.3) is 5.91 Å². The second-order valence-electron chi connectivity index (χ2n) is 3.23. The monoisotopic (exact) mass is 180 g/mol. The van der Waals surface area contributed by atoms with Gasteiger partial charge in [-0.25, -0.2) is 9.37 Å². The third-order valence-electron chi connectivity index (χ3n) is 2.15. The number of carbonyl (C=O) groups is 1. The Kier molecular flexibility index (Phi) is 1.76. The molecule has 68 valence electrons. The van der Waals surface area contributed by atoms with Gasteiger partial charge in [0.15, 0.2) is 0 Å². The van der Waals surface area contributed by atoms with Gasteiger partial charge in [-0.3, -0.25) is 4.79 Å². The molecular weight excluding hydrogens is 171 g/mol. The van der Waals surface area contributed by atoms with Gasteiger partial charge in [0.05, 0.1) is 6.20 Å². The van der Waals surface area contributed by atoms with E-state index < -0.39 is 5.91 Å². The van der Waals surface area contributed by atoms with Crippen LogP contribution >= 0.6 is 0 Å². The van der Waals surface area contributed by atoms with Gasteiger partial charge in [-0.2, -0.15) is 0 Å². The van der Waals surface area contributed by atoms with Crippen molar-refractivity contribution in [3.05, 3.63) is 29.3 Å². The molecule has 1 aromatic rings.